The molecule has 0 radical (unpaired) electrons. The lowest BCUT2D eigenvalue weighted by atomic mass is 10.0. The number of anilines is 1. The molecule has 0 atom stereocenters. The highest BCUT2D eigenvalue weighted by Crippen LogP contribution is 2.28. The molecule has 8 nitrogen and oxygen atoms in total. The molecule has 210 valence electrons. The number of hydrogen-bond acceptors (Lipinski definition) is 6. The minimum absolute atomic E-state index is 0.0589. The van der Waals surface area contributed by atoms with Gasteiger partial charge in [0.2, 0.25) is 5.91 Å². The standard InChI is InChI=1S/C30H39N3O5S/c1-22(2)24-9-11-25(12-10-24)31-30(35)33(16-17-36-3)21-29(34)32(20-26-7-6-18-39-26)15-14-23-8-13-27(37-4)28(19-23)38-5/h6-13,18-19,22H,14-17,20-21H2,1-5H3,(H,31,35). The maximum absolute atomic E-state index is 13.6. The van der Waals surface area contributed by atoms with E-state index < -0.39 is 0 Å². The first-order chi connectivity index (χ1) is 18.8. The van der Waals surface area contributed by atoms with E-state index in [1.165, 1.54) is 10.5 Å². The molecule has 39 heavy (non-hydrogen) atoms. The highest BCUT2D eigenvalue weighted by molar-refractivity contribution is 7.09. The number of ether oxygens (including phenoxy) is 3. The zero-order valence-corrected chi connectivity index (χ0v) is 24.3. The van der Waals surface area contributed by atoms with Crippen LogP contribution in [0.2, 0.25) is 0 Å². The number of carbonyl (C=O) groups excluding carboxylic acids is 2. The van der Waals surface area contributed by atoms with Crippen molar-refractivity contribution in [2.45, 2.75) is 32.7 Å². The third-order valence-electron chi connectivity index (χ3n) is 6.41. The van der Waals surface area contributed by atoms with Crippen LogP contribution in [0.25, 0.3) is 0 Å². The van der Waals surface area contributed by atoms with E-state index in [9.17, 15) is 9.59 Å². The summed E-state index contributed by atoms with van der Waals surface area (Å²) >= 11 is 1.60. The molecule has 1 aromatic heterocycles. The van der Waals surface area contributed by atoms with Crippen molar-refractivity contribution in [1.82, 2.24) is 9.80 Å². The van der Waals surface area contributed by atoms with Gasteiger partial charge in [-0.2, -0.15) is 0 Å². The van der Waals surface area contributed by atoms with Gasteiger partial charge < -0.3 is 29.3 Å². The number of nitrogens with zero attached hydrogens (tertiary/aromatic N) is 2. The highest BCUT2D eigenvalue weighted by atomic mass is 32.1. The monoisotopic (exact) mass is 553 g/mol. The fourth-order valence-electron chi connectivity index (χ4n) is 4.05. The third kappa shape index (κ3) is 9.01. The van der Waals surface area contributed by atoms with Gasteiger partial charge in [0.25, 0.3) is 0 Å². The Morgan fingerprint density at radius 1 is 0.923 bits per heavy atom. The van der Waals surface area contributed by atoms with Crippen LogP contribution in [0, 0.1) is 0 Å². The summed E-state index contributed by atoms with van der Waals surface area (Å²) in [6.07, 6.45) is 0.629. The van der Waals surface area contributed by atoms with Crippen molar-refractivity contribution in [3.05, 3.63) is 76.0 Å². The Labute approximate surface area is 235 Å². The van der Waals surface area contributed by atoms with E-state index in [4.69, 9.17) is 14.2 Å². The van der Waals surface area contributed by atoms with Crippen LogP contribution in [0.3, 0.4) is 0 Å². The van der Waals surface area contributed by atoms with Gasteiger partial charge in [-0.25, -0.2) is 4.79 Å². The third-order valence-corrected chi connectivity index (χ3v) is 7.27. The predicted octanol–water partition coefficient (Wildman–Crippen LogP) is 5.64. The molecule has 0 bridgehead atoms. The molecular formula is C30H39N3O5S. The van der Waals surface area contributed by atoms with Crippen molar-refractivity contribution in [3.8, 4) is 11.5 Å². The van der Waals surface area contributed by atoms with Crippen LogP contribution < -0.4 is 14.8 Å². The minimum Gasteiger partial charge on any atom is -0.493 e. The van der Waals surface area contributed by atoms with E-state index in [1.807, 2.05) is 60.0 Å². The number of urea groups is 1. The number of hydrogen-bond donors (Lipinski definition) is 1. The molecule has 1 heterocycles. The predicted molar refractivity (Wildman–Crippen MR) is 156 cm³/mol. The number of carbonyl (C=O) groups is 2. The molecule has 2 aromatic carbocycles. The summed E-state index contributed by atoms with van der Waals surface area (Å²) in [7, 11) is 4.78. The summed E-state index contributed by atoms with van der Waals surface area (Å²) < 4.78 is 16.0. The van der Waals surface area contributed by atoms with Crippen LogP contribution in [0.4, 0.5) is 10.5 Å². The maximum Gasteiger partial charge on any atom is 0.322 e. The summed E-state index contributed by atoms with van der Waals surface area (Å²) in [5.74, 6) is 1.57. The quantitative estimate of drug-likeness (QED) is 0.279. The summed E-state index contributed by atoms with van der Waals surface area (Å²) in [6, 6.07) is 17.2. The second-order valence-electron chi connectivity index (χ2n) is 9.46. The number of thiophene rings is 1. The van der Waals surface area contributed by atoms with Crippen LogP contribution in [0.5, 0.6) is 11.5 Å². The molecule has 0 saturated carbocycles. The van der Waals surface area contributed by atoms with Crippen molar-refractivity contribution in [3.63, 3.8) is 0 Å². The molecule has 1 N–H and O–H groups in total. The lowest BCUT2D eigenvalue weighted by Crippen LogP contribution is -2.46. The van der Waals surface area contributed by atoms with Gasteiger partial charge in [-0.3, -0.25) is 4.79 Å². The highest BCUT2D eigenvalue weighted by Gasteiger charge is 2.22. The second-order valence-corrected chi connectivity index (χ2v) is 10.5. The Balaban J connectivity index is 1.72. The smallest absolute Gasteiger partial charge is 0.322 e. The van der Waals surface area contributed by atoms with Crippen LogP contribution in [0.15, 0.2) is 60.0 Å². The average Bonchev–Trinajstić information content (AvgIpc) is 3.46. The molecular weight excluding hydrogens is 514 g/mol. The Morgan fingerprint density at radius 2 is 1.67 bits per heavy atom. The molecule has 0 aliphatic carbocycles. The molecule has 0 spiro atoms. The lowest BCUT2D eigenvalue weighted by Gasteiger charge is -2.28. The van der Waals surface area contributed by atoms with Gasteiger partial charge >= 0.3 is 6.03 Å². The normalized spacial score (nSPS) is 10.8. The van der Waals surface area contributed by atoms with E-state index in [0.717, 1.165) is 10.4 Å². The van der Waals surface area contributed by atoms with Crippen LogP contribution in [-0.2, 0) is 22.5 Å². The summed E-state index contributed by atoms with van der Waals surface area (Å²) in [5.41, 5.74) is 2.90. The first-order valence-electron chi connectivity index (χ1n) is 13.0. The van der Waals surface area contributed by atoms with Gasteiger partial charge in [-0.05, 0) is 59.2 Å². The van der Waals surface area contributed by atoms with Gasteiger partial charge in [-0.1, -0.05) is 38.1 Å². The second kappa shape index (κ2) is 15.1. The van der Waals surface area contributed by atoms with E-state index in [0.29, 0.717) is 55.8 Å². The fourth-order valence-corrected chi connectivity index (χ4v) is 4.77. The van der Waals surface area contributed by atoms with E-state index >= 15 is 0 Å². The molecule has 0 unspecified atom stereocenters. The van der Waals surface area contributed by atoms with Crippen molar-refractivity contribution in [1.29, 1.82) is 0 Å². The molecule has 3 amide bonds. The molecule has 0 saturated heterocycles. The molecule has 9 heteroatoms. The number of amides is 3. The maximum atomic E-state index is 13.6. The van der Waals surface area contributed by atoms with Crippen LogP contribution >= 0.6 is 11.3 Å². The van der Waals surface area contributed by atoms with E-state index in [-0.39, 0.29) is 18.5 Å². The first-order valence-corrected chi connectivity index (χ1v) is 13.9. The van der Waals surface area contributed by atoms with Gasteiger partial charge in [0.1, 0.15) is 6.54 Å². The summed E-state index contributed by atoms with van der Waals surface area (Å²) in [5, 5.41) is 4.92. The van der Waals surface area contributed by atoms with Gasteiger partial charge in [-0.15, -0.1) is 11.3 Å². The average molecular weight is 554 g/mol. The molecule has 3 rings (SSSR count). The molecule has 0 aliphatic rings. The van der Waals surface area contributed by atoms with Crippen LogP contribution in [-0.4, -0.2) is 69.3 Å². The van der Waals surface area contributed by atoms with Crippen molar-refractivity contribution in [2.75, 3.05) is 52.9 Å². The number of rotatable bonds is 14. The molecule has 0 aliphatic heterocycles. The SMILES string of the molecule is COCCN(CC(=O)N(CCc1ccc(OC)c(OC)c1)Cc1cccs1)C(=O)Nc1ccc(C(C)C)cc1. The zero-order chi connectivity index (χ0) is 28.2. The molecule has 0 fully saturated rings. The Kier molecular flexibility index (Phi) is 11.6. The van der Waals surface area contributed by atoms with Gasteiger partial charge in [0.05, 0.1) is 27.4 Å². The minimum atomic E-state index is -0.339. The van der Waals surface area contributed by atoms with Crippen LogP contribution in [0.1, 0.15) is 35.8 Å². The first kappa shape index (κ1) is 30.0. The largest absolute Gasteiger partial charge is 0.493 e. The fraction of sp³-hybridized carbons (Fsp3) is 0.400. The Bertz CT molecular complexity index is 1180. The van der Waals surface area contributed by atoms with Crippen molar-refractivity contribution >= 4 is 29.0 Å². The number of nitrogens with one attached hydrogen (secondary N) is 1. The lowest BCUT2D eigenvalue weighted by molar-refractivity contribution is -0.132. The van der Waals surface area contributed by atoms with E-state index in [2.05, 4.69) is 19.2 Å². The number of methoxy groups -OCH3 is 3. The summed E-state index contributed by atoms with van der Waals surface area (Å²) in [4.78, 5) is 31.2. The van der Waals surface area contributed by atoms with Crippen molar-refractivity contribution < 1.29 is 23.8 Å². The zero-order valence-electron chi connectivity index (χ0n) is 23.4. The topological polar surface area (TPSA) is 80.3 Å². The van der Waals surface area contributed by atoms with Crippen molar-refractivity contribution in [2.24, 2.45) is 0 Å². The van der Waals surface area contributed by atoms with E-state index in [1.54, 1.807) is 37.6 Å². The summed E-state index contributed by atoms with van der Waals surface area (Å²) in [6.45, 7) is 5.77. The van der Waals surface area contributed by atoms with Gasteiger partial charge in [0.15, 0.2) is 11.5 Å². The Hall–Kier alpha value is -3.56. The molecule has 3 aromatic rings. The van der Waals surface area contributed by atoms with Gasteiger partial charge in [0, 0.05) is 30.8 Å². The number of benzene rings is 2. The Morgan fingerprint density at radius 3 is 2.28 bits per heavy atom.